The molecule has 0 unspecified atom stereocenters. The maximum atomic E-state index is 12.0. The SMILES string of the molecule is C#CCOc1cc(-n2nc(C(C)(C)C)oc2=O)c(Cl)cc1Cl.O=[N+]([O-])/N=C1\NCCN1Cc1ccc(Cl)nc1. The van der Waals surface area contributed by atoms with Crippen molar-refractivity contribution in [3.8, 4) is 23.8 Å². The number of guanidine groups is 1. The van der Waals surface area contributed by atoms with Gasteiger partial charge in [-0.2, -0.15) is 4.68 Å². The van der Waals surface area contributed by atoms with E-state index in [-0.39, 0.29) is 22.6 Å². The summed E-state index contributed by atoms with van der Waals surface area (Å²) >= 11 is 17.9. The van der Waals surface area contributed by atoms with Crippen LogP contribution in [0, 0.1) is 22.5 Å². The second kappa shape index (κ2) is 12.8. The number of hydrazone groups is 1. The van der Waals surface area contributed by atoms with Gasteiger partial charge in [0.05, 0.1) is 15.7 Å². The molecule has 15 heteroatoms. The third-order valence-corrected chi connectivity index (χ3v) is 5.85. The van der Waals surface area contributed by atoms with Gasteiger partial charge in [-0.3, -0.25) is 0 Å². The van der Waals surface area contributed by atoms with Crippen LogP contribution in [-0.2, 0) is 12.0 Å². The van der Waals surface area contributed by atoms with E-state index in [9.17, 15) is 14.9 Å². The first-order valence-electron chi connectivity index (χ1n) is 11.4. The minimum Gasteiger partial charge on any atom is -0.479 e. The summed E-state index contributed by atoms with van der Waals surface area (Å²) in [5.74, 6) is 2.59. The summed E-state index contributed by atoms with van der Waals surface area (Å²) in [5.41, 5.74) is 0.822. The van der Waals surface area contributed by atoms with Gasteiger partial charge in [0.1, 0.15) is 22.6 Å². The summed E-state index contributed by atoms with van der Waals surface area (Å²) in [4.78, 5) is 28.1. The quantitative estimate of drug-likeness (QED) is 0.192. The first kappa shape index (κ1) is 29.8. The number of benzene rings is 1. The molecular formula is C24H24Cl3N7O5. The number of hydrogen-bond donors (Lipinski definition) is 1. The zero-order valence-electron chi connectivity index (χ0n) is 21.2. The largest absolute Gasteiger partial charge is 0.479 e. The molecule has 1 N–H and O–H groups in total. The second-order valence-electron chi connectivity index (χ2n) is 9.06. The van der Waals surface area contributed by atoms with Gasteiger partial charge in [0, 0.05) is 37.3 Å². The molecule has 12 nitrogen and oxygen atoms in total. The van der Waals surface area contributed by atoms with Crippen LogP contribution in [0.4, 0.5) is 0 Å². The van der Waals surface area contributed by atoms with Gasteiger partial charge in [0.15, 0.2) is 5.03 Å². The number of terminal acetylenes is 1. The molecule has 3 heterocycles. The van der Waals surface area contributed by atoms with E-state index in [1.54, 1.807) is 17.2 Å². The molecule has 1 aliphatic heterocycles. The summed E-state index contributed by atoms with van der Waals surface area (Å²) in [6.07, 6.45) is 6.80. The first-order valence-corrected chi connectivity index (χ1v) is 12.5. The van der Waals surface area contributed by atoms with Crippen LogP contribution in [0.1, 0.15) is 32.2 Å². The highest BCUT2D eigenvalue weighted by atomic mass is 35.5. The molecule has 0 spiro atoms. The lowest BCUT2D eigenvalue weighted by Gasteiger charge is -2.14. The van der Waals surface area contributed by atoms with Crippen molar-refractivity contribution >= 4 is 40.8 Å². The van der Waals surface area contributed by atoms with Crippen LogP contribution in [0.15, 0.2) is 44.8 Å². The number of ether oxygens (including phenoxy) is 1. The minimum absolute atomic E-state index is 0.0434. The number of hydrogen-bond acceptors (Lipinski definition) is 7. The Morgan fingerprint density at radius 1 is 1.28 bits per heavy atom. The molecule has 1 aliphatic rings. The molecule has 1 saturated heterocycles. The Hall–Kier alpha value is -3.79. The van der Waals surface area contributed by atoms with Gasteiger partial charge in [0.2, 0.25) is 5.89 Å². The zero-order valence-corrected chi connectivity index (χ0v) is 23.4. The Kier molecular flexibility index (Phi) is 9.80. The van der Waals surface area contributed by atoms with Gasteiger partial charge >= 0.3 is 5.76 Å². The van der Waals surface area contributed by atoms with E-state index >= 15 is 0 Å². The number of nitro groups is 1. The molecule has 0 saturated carbocycles. The fourth-order valence-corrected chi connectivity index (χ4v) is 3.84. The predicted molar refractivity (Wildman–Crippen MR) is 147 cm³/mol. The zero-order chi connectivity index (χ0) is 28.7. The molecule has 0 radical (unpaired) electrons. The normalized spacial score (nSPS) is 13.9. The molecule has 0 atom stereocenters. The summed E-state index contributed by atoms with van der Waals surface area (Å²) < 4.78 is 11.6. The summed E-state index contributed by atoms with van der Waals surface area (Å²) in [6.45, 7) is 7.53. The van der Waals surface area contributed by atoms with Crippen molar-refractivity contribution in [1.29, 1.82) is 0 Å². The summed E-state index contributed by atoms with van der Waals surface area (Å²) in [7, 11) is 0. The lowest BCUT2D eigenvalue weighted by Crippen LogP contribution is -2.30. The first-order chi connectivity index (χ1) is 18.4. The smallest absolute Gasteiger partial charge is 0.442 e. The molecule has 39 heavy (non-hydrogen) atoms. The summed E-state index contributed by atoms with van der Waals surface area (Å²) in [5, 5.41) is 20.9. The van der Waals surface area contributed by atoms with Crippen molar-refractivity contribution in [1.82, 2.24) is 25.0 Å². The highest BCUT2D eigenvalue weighted by molar-refractivity contribution is 6.36. The van der Waals surface area contributed by atoms with Crippen LogP contribution in [0.2, 0.25) is 15.2 Å². The molecular weight excluding hydrogens is 573 g/mol. The third-order valence-electron chi connectivity index (χ3n) is 5.03. The molecule has 1 aromatic carbocycles. The molecule has 206 valence electrons. The molecule has 2 aromatic heterocycles. The van der Waals surface area contributed by atoms with Crippen LogP contribution in [0.25, 0.3) is 5.69 Å². The van der Waals surface area contributed by atoms with Crippen LogP contribution in [0.5, 0.6) is 5.75 Å². The molecule has 1 fully saturated rings. The number of rotatable bonds is 6. The van der Waals surface area contributed by atoms with Crippen LogP contribution in [-0.4, -0.2) is 50.4 Å². The van der Waals surface area contributed by atoms with E-state index in [2.05, 4.69) is 26.4 Å². The highest BCUT2D eigenvalue weighted by Gasteiger charge is 2.24. The Bertz CT molecular complexity index is 1460. The van der Waals surface area contributed by atoms with Crippen molar-refractivity contribution in [2.45, 2.75) is 32.7 Å². The van der Waals surface area contributed by atoms with E-state index in [1.807, 2.05) is 26.8 Å². The second-order valence-corrected chi connectivity index (χ2v) is 10.3. The molecule has 3 aromatic rings. The Labute approximate surface area is 238 Å². The van der Waals surface area contributed by atoms with Crippen LogP contribution < -0.4 is 15.8 Å². The van der Waals surface area contributed by atoms with E-state index in [0.717, 1.165) is 10.2 Å². The van der Waals surface area contributed by atoms with Crippen molar-refractivity contribution in [2.24, 2.45) is 5.10 Å². The minimum atomic E-state index is -0.708. The van der Waals surface area contributed by atoms with E-state index in [1.165, 1.54) is 12.1 Å². The monoisotopic (exact) mass is 595 g/mol. The molecule has 0 bridgehead atoms. The number of nitrogens with zero attached hydrogens (tertiary/aromatic N) is 6. The lowest BCUT2D eigenvalue weighted by atomic mass is 9.97. The maximum Gasteiger partial charge on any atom is 0.442 e. The molecule has 0 amide bonds. The highest BCUT2D eigenvalue weighted by Crippen LogP contribution is 2.33. The number of nitrogens with one attached hydrogen (secondary N) is 1. The molecule has 4 rings (SSSR count). The third kappa shape index (κ3) is 8.10. The predicted octanol–water partition coefficient (Wildman–Crippen LogP) is 4.13. The van der Waals surface area contributed by atoms with Gasteiger partial charge in [-0.15, -0.1) is 11.5 Å². The van der Waals surface area contributed by atoms with Crippen LogP contribution in [0.3, 0.4) is 0 Å². The average Bonchev–Trinajstić information content (AvgIpc) is 3.46. The van der Waals surface area contributed by atoms with Gasteiger partial charge in [0.25, 0.3) is 5.96 Å². The van der Waals surface area contributed by atoms with E-state index in [0.29, 0.717) is 42.1 Å². The Morgan fingerprint density at radius 2 is 2.03 bits per heavy atom. The Morgan fingerprint density at radius 3 is 2.62 bits per heavy atom. The van der Waals surface area contributed by atoms with Gasteiger partial charge in [-0.25, -0.2) is 19.9 Å². The van der Waals surface area contributed by atoms with Crippen molar-refractivity contribution in [2.75, 3.05) is 19.7 Å². The fourth-order valence-electron chi connectivity index (χ4n) is 3.21. The van der Waals surface area contributed by atoms with Gasteiger partial charge < -0.3 is 19.4 Å². The van der Waals surface area contributed by atoms with Gasteiger partial charge in [-0.05, 0) is 17.7 Å². The lowest BCUT2D eigenvalue weighted by molar-refractivity contribution is -0.485. The Balaban J connectivity index is 0.000000223. The van der Waals surface area contributed by atoms with E-state index in [4.69, 9.17) is 50.4 Å². The summed E-state index contributed by atoms with van der Waals surface area (Å²) in [6, 6.07) is 6.47. The van der Waals surface area contributed by atoms with E-state index < -0.39 is 16.2 Å². The fraction of sp³-hybridized carbons (Fsp3) is 0.333. The number of pyridine rings is 1. The number of halogens is 3. The maximum absolute atomic E-state index is 12.0. The van der Waals surface area contributed by atoms with Crippen molar-refractivity contribution in [3.05, 3.63) is 77.8 Å². The van der Waals surface area contributed by atoms with Crippen LogP contribution >= 0.6 is 34.8 Å². The van der Waals surface area contributed by atoms with Crippen molar-refractivity contribution in [3.63, 3.8) is 0 Å². The number of aromatic nitrogens is 3. The van der Waals surface area contributed by atoms with Crippen molar-refractivity contribution < 1.29 is 14.2 Å². The average molecular weight is 597 g/mol. The topological polar surface area (TPSA) is 141 Å². The van der Waals surface area contributed by atoms with Gasteiger partial charge in [-0.1, -0.05) is 67.6 Å². The molecule has 0 aliphatic carbocycles. The standard InChI is InChI=1S/C15H14Cl2N2O3.C9H10ClN5O2/c1-5-6-21-12-8-11(9(16)7-10(12)17)19-14(20)22-13(18-19)15(2,3)4;10-8-2-1-7(5-12-8)6-14-4-3-11-9(14)13-15(16)17/h1,7-8H,6H2,2-4H3;1-2,5H,3-4,6H2,(H,11,13).